The fraction of sp³-hybridized carbons (Fsp3) is 0.154. The molecule has 1 fully saturated rings. The zero-order valence-corrected chi connectivity index (χ0v) is 20.2. The second-order valence-electron chi connectivity index (χ2n) is 7.78. The Labute approximate surface area is 205 Å². The molecule has 1 N–H and O–H groups in total. The maximum absolute atomic E-state index is 13.9. The molecule has 1 saturated heterocycles. The largest absolute Gasteiger partial charge is 0.493 e. The number of amides is 3. The van der Waals surface area contributed by atoms with E-state index >= 15 is 0 Å². The van der Waals surface area contributed by atoms with E-state index in [1.54, 1.807) is 36.4 Å². The standard InChI is InChI=1S/C26H22BrFN2O4/c1-16-7-9-17(10-8-16)14-30-25(31)22(29-26(30)32)12-18-11-20(27)24(23(13-18)33-2)34-15-19-5-3-4-6-21(19)28/h3-13H,14-15H2,1-2H3,(H,29,32)/b22-12+. The van der Waals surface area contributed by atoms with Crippen molar-refractivity contribution >= 4 is 33.9 Å². The number of rotatable bonds is 7. The van der Waals surface area contributed by atoms with Gasteiger partial charge in [-0.3, -0.25) is 9.69 Å². The highest BCUT2D eigenvalue weighted by atomic mass is 79.9. The molecular formula is C26H22BrFN2O4. The molecule has 174 valence electrons. The number of hydrogen-bond donors (Lipinski definition) is 1. The Morgan fingerprint density at radius 3 is 2.53 bits per heavy atom. The number of imide groups is 1. The van der Waals surface area contributed by atoms with Crippen LogP contribution in [0.1, 0.15) is 22.3 Å². The van der Waals surface area contributed by atoms with Crippen LogP contribution in [0.5, 0.6) is 11.5 Å². The second-order valence-corrected chi connectivity index (χ2v) is 8.63. The minimum atomic E-state index is -0.479. The zero-order chi connectivity index (χ0) is 24.2. The minimum Gasteiger partial charge on any atom is -0.493 e. The van der Waals surface area contributed by atoms with Gasteiger partial charge in [0.15, 0.2) is 11.5 Å². The van der Waals surface area contributed by atoms with Crippen LogP contribution in [0, 0.1) is 12.7 Å². The van der Waals surface area contributed by atoms with E-state index in [0.29, 0.717) is 27.1 Å². The van der Waals surface area contributed by atoms with E-state index in [4.69, 9.17) is 9.47 Å². The van der Waals surface area contributed by atoms with Crippen LogP contribution in [0.2, 0.25) is 0 Å². The van der Waals surface area contributed by atoms with E-state index in [-0.39, 0.29) is 24.7 Å². The highest BCUT2D eigenvalue weighted by molar-refractivity contribution is 9.10. The molecule has 8 heteroatoms. The first-order chi connectivity index (χ1) is 16.4. The molecule has 4 rings (SSSR count). The van der Waals surface area contributed by atoms with Gasteiger partial charge in [0.2, 0.25) is 0 Å². The molecule has 0 spiro atoms. The lowest BCUT2D eigenvalue weighted by atomic mass is 10.1. The number of carbonyl (C=O) groups is 2. The Kier molecular flexibility index (Phi) is 6.98. The molecule has 0 aliphatic carbocycles. The summed E-state index contributed by atoms with van der Waals surface area (Å²) in [5.74, 6) is 0.0201. The second kappa shape index (κ2) is 10.1. The van der Waals surface area contributed by atoms with E-state index < -0.39 is 11.9 Å². The van der Waals surface area contributed by atoms with Gasteiger partial charge in [0.1, 0.15) is 18.1 Å². The minimum absolute atomic E-state index is 0.0184. The monoisotopic (exact) mass is 524 g/mol. The number of urea groups is 1. The first-order valence-electron chi connectivity index (χ1n) is 10.5. The third-order valence-electron chi connectivity index (χ3n) is 5.32. The summed E-state index contributed by atoms with van der Waals surface area (Å²) in [6, 6.07) is 16.9. The molecule has 0 bridgehead atoms. The van der Waals surface area contributed by atoms with Crippen LogP contribution < -0.4 is 14.8 Å². The Morgan fingerprint density at radius 1 is 1.09 bits per heavy atom. The summed E-state index contributed by atoms with van der Waals surface area (Å²) in [6.07, 6.45) is 1.57. The summed E-state index contributed by atoms with van der Waals surface area (Å²) in [6.45, 7) is 2.17. The third kappa shape index (κ3) is 5.12. The smallest absolute Gasteiger partial charge is 0.329 e. The fourth-order valence-electron chi connectivity index (χ4n) is 3.49. The van der Waals surface area contributed by atoms with Gasteiger partial charge in [0, 0.05) is 5.56 Å². The maximum atomic E-state index is 13.9. The first-order valence-corrected chi connectivity index (χ1v) is 11.3. The number of aryl methyl sites for hydroxylation is 1. The summed E-state index contributed by atoms with van der Waals surface area (Å²) in [5.41, 5.74) is 3.14. The molecule has 6 nitrogen and oxygen atoms in total. The van der Waals surface area contributed by atoms with Crippen molar-refractivity contribution in [2.24, 2.45) is 0 Å². The number of methoxy groups -OCH3 is 1. The molecule has 0 atom stereocenters. The molecule has 3 aromatic rings. The molecule has 1 heterocycles. The third-order valence-corrected chi connectivity index (χ3v) is 5.91. The predicted octanol–water partition coefficient (Wildman–Crippen LogP) is 5.58. The number of carbonyl (C=O) groups excluding carboxylic acids is 2. The molecule has 34 heavy (non-hydrogen) atoms. The van der Waals surface area contributed by atoms with Crippen molar-refractivity contribution < 1.29 is 23.5 Å². The normalized spacial score (nSPS) is 14.5. The van der Waals surface area contributed by atoms with E-state index in [0.717, 1.165) is 16.0 Å². The average Bonchev–Trinajstić information content (AvgIpc) is 3.07. The van der Waals surface area contributed by atoms with Crippen molar-refractivity contribution in [3.63, 3.8) is 0 Å². The highest BCUT2D eigenvalue weighted by Gasteiger charge is 2.33. The molecule has 0 saturated carbocycles. The number of benzene rings is 3. The number of nitrogens with zero attached hydrogens (tertiary/aromatic N) is 1. The van der Waals surface area contributed by atoms with Gasteiger partial charge in [-0.2, -0.15) is 0 Å². The van der Waals surface area contributed by atoms with Gasteiger partial charge >= 0.3 is 6.03 Å². The van der Waals surface area contributed by atoms with Gasteiger partial charge in [-0.25, -0.2) is 9.18 Å². The van der Waals surface area contributed by atoms with Gasteiger partial charge in [-0.1, -0.05) is 48.0 Å². The summed E-state index contributed by atoms with van der Waals surface area (Å²) < 4.78 is 25.7. The Balaban J connectivity index is 1.53. The summed E-state index contributed by atoms with van der Waals surface area (Å²) >= 11 is 3.46. The Bertz CT molecular complexity index is 1270. The summed E-state index contributed by atoms with van der Waals surface area (Å²) in [5, 5.41) is 2.63. The molecule has 0 radical (unpaired) electrons. The molecule has 1 aliphatic rings. The molecule has 3 aromatic carbocycles. The molecule has 1 aliphatic heterocycles. The van der Waals surface area contributed by atoms with Gasteiger partial charge in [-0.05, 0) is 58.3 Å². The van der Waals surface area contributed by atoms with Crippen molar-refractivity contribution in [3.05, 3.63) is 98.9 Å². The van der Waals surface area contributed by atoms with Crippen LogP contribution in [0.25, 0.3) is 6.08 Å². The number of nitrogens with one attached hydrogen (secondary N) is 1. The lowest BCUT2D eigenvalue weighted by Crippen LogP contribution is -2.30. The molecule has 0 aromatic heterocycles. The van der Waals surface area contributed by atoms with Crippen LogP contribution in [-0.4, -0.2) is 23.9 Å². The summed E-state index contributed by atoms with van der Waals surface area (Å²) in [4.78, 5) is 26.4. The van der Waals surface area contributed by atoms with Crippen LogP contribution in [0.3, 0.4) is 0 Å². The van der Waals surface area contributed by atoms with Crippen LogP contribution in [0.15, 0.2) is 70.8 Å². The fourth-order valence-corrected chi connectivity index (χ4v) is 4.06. The maximum Gasteiger partial charge on any atom is 0.329 e. The number of hydrogen-bond acceptors (Lipinski definition) is 4. The Morgan fingerprint density at radius 2 is 1.82 bits per heavy atom. The quantitative estimate of drug-likeness (QED) is 0.323. The van der Waals surface area contributed by atoms with Gasteiger partial charge in [0.05, 0.1) is 18.1 Å². The predicted molar refractivity (Wildman–Crippen MR) is 130 cm³/mol. The highest BCUT2D eigenvalue weighted by Crippen LogP contribution is 2.38. The van der Waals surface area contributed by atoms with Crippen molar-refractivity contribution in [3.8, 4) is 11.5 Å². The zero-order valence-electron chi connectivity index (χ0n) is 18.6. The van der Waals surface area contributed by atoms with Gasteiger partial charge < -0.3 is 14.8 Å². The molecule has 3 amide bonds. The van der Waals surface area contributed by atoms with Gasteiger partial charge in [0.25, 0.3) is 5.91 Å². The van der Waals surface area contributed by atoms with E-state index in [9.17, 15) is 14.0 Å². The number of halogens is 2. The molecule has 0 unspecified atom stereocenters. The van der Waals surface area contributed by atoms with Crippen molar-refractivity contribution in [2.75, 3.05) is 7.11 Å². The number of ether oxygens (including phenoxy) is 2. The van der Waals surface area contributed by atoms with Crippen molar-refractivity contribution in [2.45, 2.75) is 20.1 Å². The Hall–Kier alpha value is -3.65. The van der Waals surface area contributed by atoms with Crippen molar-refractivity contribution in [1.82, 2.24) is 10.2 Å². The summed E-state index contributed by atoms with van der Waals surface area (Å²) in [7, 11) is 1.49. The lowest BCUT2D eigenvalue weighted by Gasteiger charge is -2.14. The first kappa shape index (κ1) is 23.5. The lowest BCUT2D eigenvalue weighted by molar-refractivity contribution is -0.123. The van der Waals surface area contributed by atoms with E-state index in [1.165, 1.54) is 13.2 Å². The van der Waals surface area contributed by atoms with Gasteiger partial charge in [-0.15, -0.1) is 0 Å². The topological polar surface area (TPSA) is 67.9 Å². The van der Waals surface area contributed by atoms with Crippen molar-refractivity contribution in [1.29, 1.82) is 0 Å². The molecular weight excluding hydrogens is 503 g/mol. The van der Waals surface area contributed by atoms with E-state index in [2.05, 4.69) is 21.2 Å². The van der Waals surface area contributed by atoms with E-state index in [1.807, 2.05) is 31.2 Å². The average molecular weight is 525 g/mol. The van der Waals surface area contributed by atoms with Crippen LogP contribution in [-0.2, 0) is 17.9 Å². The van der Waals surface area contributed by atoms with Crippen LogP contribution >= 0.6 is 15.9 Å². The SMILES string of the molecule is COc1cc(/C=C2/NC(=O)N(Cc3ccc(C)cc3)C2=O)cc(Br)c1OCc1ccccc1F. The van der Waals surface area contributed by atoms with Crippen LogP contribution in [0.4, 0.5) is 9.18 Å².